The molecule has 1 heterocycles. The highest BCUT2D eigenvalue weighted by Gasteiger charge is 2.52. The van der Waals surface area contributed by atoms with Gasteiger partial charge in [0.05, 0.1) is 17.1 Å². The summed E-state index contributed by atoms with van der Waals surface area (Å²) in [6.07, 6.45) is 2.89. The number of hydrogen-bond acceptors (Lipinski definition) is 6. The summed E-state index contributed by atoms with van der Waals surface area (Å²) in [5.74, 6) is -2.05. The molecule has 0 aromatic heterocycles. The van der Waals surface area contributed by atoms with Crippen LogP contribution in [-0.2, 0) is 9.59 Å². The number of carbonyl (C=O) groups is 2. The third-order valence-corrected chi connectivity index (χ3v) is 6.53. The maximum Gasteiger partial charge on any atom is 0.161 e. The largest absolute Gasteiger partial charge is 0.549 e. The number of hydrogen-bond donors (Lipinski definition) is 0. The van der Waals surface area contributed by atoms with E-state index in [1.807, 2.05) is 44.2 Å². The molecule has 0 saturated carbocycles. The standard InChI is InChI=1S/C23H24N2O3S/c1-4-10-23(14-24)20(15-8-6-5-7-9-15)19-16(11-22(2,3)12-17(19)26)25-21(23)29-13-18(27)28/h4-9,20H,1,10-13H2,2-3H3,(H,27,28)/p-1/t20-,23+/m1/s1. The first-order valence-corrected chi connectivity index (χ1v) is 10.5. The third kappa shape index (κ3) is 3.92. The Kier molecular flexibility index (Phi) is 5.81. The number of carboxylic acid groups (broad SMARTS) is 1. The minimum atomic E-state index is -1.22. The van der Waals surface area contributed by atoms with Gasteiger partial charge >= 0.3 is 0 Å². The van der Waals surface area contributed by atoms with Crippen molar-refractivity contribution in [1.29, 1.82) is 5.26 Å². The van der Waals surface area contributed by atoms with Crippen LogP contribution in [0.15, 0.2) is 59.2 Å². The van der Waals surface area contributed by atoms with Crippen molar-refractivity contribution >= 4 is 28.6 Å². The summed E-state index contributed by atoms with van der Waals surface area (Å²) in [7, 11) is 0. The first-order chi connectivity index (χ1) is 13.7. The van der Waals surface area contributed by atoms with Crippen molar-refractivity contribution in [2.45, 2.75) is 39.0 Å². The number of ketones is 1. The van der Waals surface area contributed by atoms with Gasteiger partial charge in [0.15, 0.2) is 5.78 Å². The van der Waals surface area contributed by atoms with Gasteiger partial charge in [0, 0.05) is 29.4 Å². The molecule has 1 aromatic carbocycles. The Labute approximate surface area is 175 Å². The predicted molar refractivity (Wildman–Crippen MR) is 112 cm³/mol. The van der Waals surface area contributed by atoms with Gasteiger partial charge in [-0.15, -0.1) is 18.3 Å². The fourth-order valence-corrected chi connectivity index (χ4v) is 5.23. The maximum absolute atomic E-state index is 13.2. The molecule has 0 radical (unpaired) electrons. The summed E-state index contributed by atoms with van der Waals surface area (Å²) in [5.41, 5.74) is 0.667. The molecule has 1 aliphatic carbocycles. The summed E-state index contributed by atoms with van der Waals surface area (Å²) in [4.78, 5) is 29.1. The van der Waals surface area contributed by atoms with E-state index in [0.717, 1.165) is 17.3 Å². The Hall–Kier alpha value is -2.65. The van der Waals surface area contributed by atoms with E-state index in [9.17, 15) is 20.0 Å². The van der Waals surface area contributed by atoms with E-state index in [2.05, 4.69) is 12.6 Å². The van der Waals surface area contributed by atoms with Gasteiger partial charge in [-0.1, -0.05) is 50.3 Å². The Balaban J connectivity index is 2.28. The smallest absolute Gasteiger partial charge is 0.161 e. The maximum atomic E-state index is 13.2. The number of benzene rings is 1. The van der Waals surface area contributed by atoms with E-state index in [0.29, 0.717) is 29.2 Å². The van der Waals surface area contributed by atoms with Crippen LogP contribution in [0.3, 0.4) is 0 Å². The molecule has 0 fully saturated rings. The Morgan fingerprint density at radius 2 is 2.07 bits per heavy atom. The van der Waals surface area contributed by atoms with Gasteiger partial charge in [0.25, 0.3) is 0 Å². The molecule has 0 N–H and O–H groups in total. The number of carbonyl (C=O) groups excluding carboxylic acids is 2. The molecule has 0 amide bonds. The quantitative estimate of drug-likeness (QED) is 0.698. The molecule has 2 atom stereocenters. The van der Waals surface area contributed by atoms with E-state index in [1.165, 1.54) is 0 Å². The number of thioether (sulfide) groups is 1. The number of nitriles is 1. The summed E-state index contributed by atoms with van der Waals surface area (Å²) in [5, 5.41) is 21.9. The SMILES string of the molecule is C=CC[C@@]1(C#N)C(SCC(=O)[O-])=NC2=C(C(=O)CC(C)(C)C2)[C@H]1c1ccccc1. The molecule has 150 valence electrons. The molecular weight excluding hydrogens is 384 g/mol. The fraction of sp³-hybridized carbons (Fsp3) is 0.391. The Bertz CT molecular complexity index is 956. The van der Waals surface area contributed by atoms with Crippen LogP contribution < -0.4 is 5.11 Å². The van der Waals surface area contributed by atoms with E-state index in [-0.39, 0.29) is 23.4 Å². The van der Waals surface area contributed by atoms with Crippen molar-refractivity contribution < 1.29 is 14.7 Å². The lowest BCUT2D eigenvalue weighted by Crippen LogP contribution is -2.43. The second-order valence-corrected chi connectivity index (χ2v) is 9.26. The van der Waals surface area contributed by atoms with Crippen molar-refractivity contribution in [3.05, 3.63) is 59.8 Å². The molecule has 0 unspecified atom stereocenters. The lowest BCUT2D eigenvalue weighted by molar-refractivity contribution is -0.301. The fourth-order valence-electron chi connectivity index (χ4n) is 4.30. The highest BCUT2D eigenvalue weighted by molar-refractivity contribution is 8.14. The van der Waals surface area contributed by atoms with Crippen molar-refractivity contribution in [3.8, 4) is 6.07 Å². The topological polar surface area (TPSA) is 93.3 Å². The van der Waals surface area contributed by atoms with Gasteiger partial charge in [0.1, 0.15) is 5.41 Å². The normalized spacial score (nSPS) is 25.6. The van der Waals surface area contributed by atoms with Crippen LogP contribution in [-0.4, -0.2) is 22.5 Å². The molecular formula is C23H23N2O3S-. The number of aliphatic imine (C=N–C) groups is 1. The number of carboxylic acids is 1. The van der Waals surface area contributed by atoms with Crippen molar-refractivity contribution in [1.82, 2.24) is 0 Å². The van der Waals surface area contributed by atoms with Gasteiger partial charge in [0.2, 0.25) is 0 Å². The second kappa shape index (κ2) is 8.00. The molecule has 5 nitrogen and oxygen atoms in total. The Morgan fingerprint density at radius 1 is 1.38 bits per heavy atom. The Morgan fingerprint density at radius 3 is 2.66 bits per heavy atom. The van der Waals surface area contributed by atoms with Crippen molar-refractivity contribution in [2.24, 2.45) is 15.8 Å². The molecule has 0 bridgehead atoms. The predicted octanol–water partition coefficient (Wildman–Crippen LogP) is 3.39. The number of aliphatic carboxylic acids is 1. The van der Waals surface area contributed by atoms with Crippen LogP contribution >= 0.6 is 11.8 Å². The minimum Gasteiger partial charge on any atom is -0.549 e. The van der Waals surface area contributed by atoms with Gasteiger partial charge < -0.3 is 9.90 Å². The molecule has 2 aliphatic rings. The monoisotopic (exact) mass is 407 g/mol. The number of Topliss-reactive ketones (excluding diaryl/α,β-unsaturated/α-hetero) is 1. The van der Waals surface area contributed by atoms with Crippen LogP contribution in [0.2, 0.25) is 0 Å². The molecule has 1 aromatic rings. The lowest BCUT2D eigenvalue weighted by Gasteiger charge is -2.44. The summed E-state index contributed by atoms with van der Waals surface area (Å²) >= 11 is 1.00. The van der Waals surface area contributed by atoms with E-state index < -0.39 is 17.3 Å². The number of nitrogens with zero attached hydrogens (tertiary/aromatic N) is 2. The van der Waals surface area contributed by atoms with Gasteiger partial charge in [-0.3, -0.25) is 4.79 Å². The average molecular weight is 408 g/mol. The molecule has 0 saturated heterocycles. The van der Waals surface area contributed by atoms with E-state index in [4.69, 9.17) is 4.99 Å². The average Bonchev–Trinajstić information content (AvgIpc) is 2.66. The lowest BCUT2D eigenvalue weighted by atomic mass is 9.61. The van der Waals surface area contributed by atoms with Crippen molar-refractivity contribution in [2.75, 3.05) is 5.75 Å². The van der Waals surface area contributed by atoms with Crippen LogP contribution in [0.5, 0.6) is 0 Å². The van der Waals surface area contributed by atoms with Crippen molar-refractivity contribution in [3.63, 3.8) is 0 Å². The van der Waals surface area contributed by atoms with E-state index >= 15 is 0 Å². The highest BCUT2D eigenvalue weighted by Crippen LogP contribution is 2.55. The second-order valence-electron chi connectivity index (χ2n) is 8.30. The zero-order chi connectivity index (χ0) is 21.2. The first kappa shape index (κ1) is 21.1. The molecule has 29 heavy (non-hydrogen) atoms. The zero-order valence-corrected chi connectivity index (χ0v) is 17.4. The van der Waals surface area contributed by atoms with Crippen LogP contribution in [0.25, 0.3) is 0 Å². The third-order valence-electron chi connectivity index (χ3n) is 5.42. The van der Waals surface area contributed by atoms with Gasteiger partial charge in [-0.2, -0.15) is 5.26 Å². The summed E-state index contributed by atoms with van der Waals surface area (Å²) in [6.45, 7) is 7.85. The molecule has 3 rings (SSSR count). The number of allylic oxidation sites excluding steroid dienone is 3. The minimum absolute atomic E-state index is 0.00138. The molecule has 0 spiro atoms. The number of rotatable bonds is 5. The summed E-state index contributed by atoms with van der Waals surface area (Å²) < 4.78 is 0. The van der Waals surface area contributed by atoms with Gasteiger partial charge in [-0.05, 0) is 23.8 Å². The van der Waals surface area contributed by atoms with Gasteiger partial charge in [-0.25, -0.2) is 4.99 Å². The summed E-state index contributed by atoms with van der Waals surface area (Å²) in [6, 6.07) is 11.8. The zero-order valence-electron chi connectivity index (χ0n) is 16.6. The van der Waals surface area contributed by atoms with Crippen LogP contribution in [0.1, 0.15) is 44.6 Å². The molecule has 1 aliphatic heterocycles. The molecule has 6 heteroatoms. The highest BCUT2D eigenvalue weighted by atomic mass is 32.2. The van der Waals surface area contributed by atoms with Crippen LogP contribution in [0, 0.1) is 22.2 Å². The van der Waals surface area contributed by atoms with Crippen LogP contribution in [0.4, 0.5) is 0 Å². The first-order valence-electron chi connectivity index (χ1n) is 9.49. The van der Waals surface area contributed by atoms with E-state index in [1.54, 1.807) is 6.08 Å².